The van der Waals surface area contributed by atoms with E-state index in [9.17, 15) is 14.0 Å². The van der Waals surface area contributed by atoms with Gasteiger partial charge in [0.1, 0.15) is 23.1 Å². The molecule has 9 heteroatoms. The number of piperazine rings is 1. The zero-order valence-electron chi connectivity index (χ0n) is 24.8. The zero-order chi connectivity index (χ0) is 30.7. The van der Waals surface area contributed by atoms with Gasteiger partial charge < -0.3 is 19.7 Å². The largest absolute Gasteiger partial charge is 0.457 e. The van der Waals surface area contributed by atoms with Crippen LogP contribution in [0.1, 0.15) is 12.5 Å². The van der Waals surface area contributed by atoms with Crippen LogP contribution in [0.5, 0.6) is 11.5 Å². The molecular weight excluding hydrogens is 559 g/mol. The van der Waals surface area contributed by atoms with Gasteiger partial charge in [-0.15, -0.1) is 0 Å². The summed E-state index contributed by atoms with van der Waals surface area (Å²) in [6.07, 6.45) is 1.79. The lowest BCUT2D eigenvalue weighted by Gasteiger charge is -2.35. The molecule has 0 bridgehead atoms. The molecule has 2 atom stereocenters. The number of carbonyl (C=O) groups excluding carboxylic acids is 2. The van der Waals surface area contributed by atoms with E-state index in [2.05, 4.69) is 20.1 Å². The summed E-state index contributed by atoms with van der Waals surface area (Å²) in [6.45, 7) is 5.57. The highest BCUT2D eigenvalue weighted by molar-refractivity contribution is 5.97. The standard InChI is InChI=1S/C35H37FN4O4/c1-26(33(41)23-39-19-21-40(22-20-39)34-9-5-6-18-37-34)32(25-43-24-27-7-3-2-4-8-27)35(42)38-29-12-16-31(17-13-29)44-30-14-10-28(36)11-15-30/h2-18,26,32H,19-25H2,1H3,(H,38,42). The monoisotopic (exact) mass is 596 g/mol. The lowest BCUT2D eigenvalue weighted by atomic mass is 9.89. The summed E-state index contributed by atoms with van der Waals surface area (Å²) in [4.78, 5) is 35.8. The van der Waals surface area contributed by atoms with Gasteiger partial charge in [0.05, 0.1) is 25.7 Å². The Labute approximate surface area is 257 Å². The van der Waals surface area contributed by atoms with Crippen molar-refractivity contribution >= 4 is 23.2 Å². The molecule has 0 spiro atoms. The smallest absolute Gasteiger partial charge is 0.230 e. The molecule has 0 saturated carbocycles. The zero-order valence-corrected chi connectivity index (χ0v) is 24.8. The normalized spacial score (nSPS) is 14.9. The number of Topliss-reactive ketones (excluding diaryl/α,β-unsaturated/α-hetero) is 1. The predicted molar refractivity (Wildman–Crippen MR) is 168 cm³/mol. The third kappa shape index (κ3) is 8.72. The van der Waals surface area contributed by atoms with Gasteiger partial charge in [-0.3, -0.25) is 14.5 Å². The molecule has 1 saturated heterocycles. The summed E-state index contributed by atoms with van der Waals surface area (Å²) in [5.41, 5.74) is 1.56. The first-order valence-corrected chi connectivity index (χ1v) is 14.8. The van der Waals surface area contributed by atoms with E-state index in [1.165, 1.54) is 12.1 Å². The molecule has 1 fully saturated rings. The molecule has 4 aromatic rings. The number of carbonyl (C=O) groups is 2. The average Bonchev–Trinajstić information content (AvgIpc) is 3.06. The number of pyridine rings is 1. The van der Waals surface area contributed by atoms with E-state index in [1.807, 2.05) is 55.5 Å². The summed E-state index contributed by atoms with van der Waals surface area (Å²) in [7, 11) is 0. The van der Waals surface area contributed by atoms with E-state index < -0.39 is 11.8 Å². The maximum Gasteiger partial charge on any atom is 0.230 e. The van der Waals surface area contributed by atoms with Gasteiger partial charge in [0, 0.05) is 44.0 Å². The van der Waals surface area contributed by atoms with E-state index >= 15 is 0 Å². The fourth-order valence-electron chi connectivity index (χ4n) is 5.07. The van der Waals surface area contributed by atoms with E-state index in [4.69, 9.17) is 9.47 Å². The third-order valence-corrected chi connectivity index (χ3v) is 7.75. The van der Waals surface area contributed by atoms with Crippen molar-refractivity contribution in [1.29, 1.82) is 0 Å². The van der Waals surface area contributed by atoms with Gasteiger partial charge >= 0.3 is 0 Å². The minimum atomic E-state index is -0.684. The van der Waals surface area contributed by atoms with Crippen LogP contribution < -0.4 is 15.0 Å². The number of anilines is 2. The Morgan fingerprint density at radius 3 is 2.18 bits per heavy atom. The molecule has 1 amide bonds. The van der Waals surface area contributed by atoms with Gasteiger partial charge in [-0.2, -0.15) is 0 Å². The van der Waals surface area contributed by atoms with Gasteiger partial charge in [-0.1, -0.05) is 43.3 Å². The van der Waals surface area contributed by atoms with Crippen molar-refractivity contribution in [3.8, 4) is 11.5 Å². The summed E-state index contributed by atoms with van der Waals surface area (Å²) >= 11 is 0. The number of ketones is 1. The van der Waals surface area contributed by atoms with E-state index in [-0.39, 0.29) is 30.7 Å². The van der Waals surface area contributed by atoms with Gasteiger partial charge in [0.25, 0.3) is 0 Å². The number of nitrogens with one attached hydrogen (secondary N) is 1. The quantitative estimate of drug-likeness (QED) is 0.209. The summed E-state index contributed by atoms with van der Waals surface area (Å²) in [5.74, 6) is 0.127. The molecule has 2 unspecified atom stereocenters. The number of amides is 1. The average molecular weight is 597 g/mol. The molecule has 3 aromatic carbocycles. The fourth-order valence-corrected chi connectivity index (χ4v) is 5.07. The molecule has 2 heterocycles. The van der Waals surface area contributed by atoms with Crippen LogP contribution >= 0.6 is 0 Å². The number of hydrogen-bond donors (Lipinski definition) is 1. The molecule has 1 aliphatic heterocycles. The first-order valence-electron chi connectivity index (χ1n) is 14.8. The molecule has 0 radical (unpaired) electrons. The molecule has 1 N–H and O–H groups in total. The van der Waals surface area contributed by atoms with Gasteiger partial charge in [0.2, 0.25) is 5.91 Å². The lowest BCUT2D eigenvalue weighted by Crippen LogP contribution is -2.49. The second kappa shape index (κ2) is 15.2. The summed E-state index contributed by atoms with van der Waals surface area (Å²) in [5, 5.41) is 2.95. The molecule has 1 aromatic heterocycles. The number of nitrogens with zero attached hydrogens (tertiary/aromatic N) is 3. The predicted octanol–water partition coefficient (Wildman–Crippen LogP) is 5.81. The Hall–Kier alpha value is -4.60. The Morgan fingerprint density at radius 2 is 1.52 bits per heavy atom. The number of aromatic nitrogens is 1. The molecule has 8 nitrogen and oxygen atoms in total. The van der Waals surface area contributed by atoms with Crippen LogP contribution in [0.25, 0.3) is 0 Å². The highest BCUT2D eigenvalue weighted by atomic mass is 19.1. The number of halogens is 1. The number of rotatable bonds is 13. The Balaban J connectivity index is 1.19. The maximum absolute atomic E-state index is 13.6. The minimum absolute atomic E-state index is 0.00259. The van der Waals surface area contributed by atoms with Crippen LogP contribution in [0.2, 0.25) is 0 Å². The van der Waals surface area contributed by atoms with Gasteiger partial charge in [-0.25, -0.2) is 9.37 Å². The van der Waals surface area contributed by atoms with Crippen LogP contribution in [0.4, 0.5) is 15.9 Å². The molecule has 0 aliphatic carbocycles. The van der Waals surface area contributed by atoms with Crippen LogP contribution in [0.15, 0.2) is 103 Å². The molecule has 228 valence electrons. The third-order valence-electron chi connectivity index (χ3n) is 7.75. The molecule has 5 rings (SSSR count). The van der Waals surface area contributed by atoms with E-state index in [0.717, 1.165) is 37.6 Å². The summed E-state index contributed by atoms with van der Waals surface area (Å²) < 4.78 is 24.9. The Morgan fingerprint density at radius 1 is 0.864 bits per heavy atom. The highest BCUT2D eigenvalue weighted by Gasteiger charge is 2.32. The molecule has 1 aliphatic rings. The topological polar surface area (TPSA) is 84.0 Å². The second-order valence-corrected chi connectivity index (χ2v) is 10.9. The van der Waals surface area contributed by atoms with Gasteiger partial charge in [0.15, 0.2) is 5.78 Å². The maximum atomic E-state index is 13.6. The van der Waals surface area contributed by atoms with Crippen LogP contribution in [-0.2, 0) is 20.9 Å². The van der Waals surface area contributed by atoms with Crippen molar-refractivity contribution in [3.05, 3.63) is 115 Å². The van der Waals surface area contributed by atoms with Crippen molar-refractivity contribution in [1.82, 2.24) is 9.88 Å². The van der Waals surface area contributed by atoms with Crippen molar-refractivity contribution in [2.24, 2.45) is 11.8 Å². The number of benzene rings is 3. The van der Waals surface area contributed by atoms with Crippen LogP contribution in [-0.4, -0.2) is 60.9 Å². The minimum Gasteiger partial charge on any atom is -0.457 e. The number of ether oxygens (including phenoxy) is 2. The van der Waals surface area contributed by atoms with Crippen LogP contribution in [0, 0.1) is 17.7 Å². The van der Waals surface area contributed by atoms with Crippen molar-refractivity contribution in [3.63, 3.8) is 0 Å². The van der Waals surface area contributed by atoms with Gasteiger partial charge in [-0.05, 0) is 66.2 Å². The van der Waals surface area contributed by atoms with E-state index in [0.29, 0.717) is 23.8 Å². The van der Waals surface area contributed by atoms with E-state index in [1.54, 1.807) is 42.6 Å². The molecule has 44 heavy (non-hydrogen) atoms. The SMILES string of the molecule is CC(C(=O)CN1CCN(c2ccccn2)CC1)C(COCc1ccccc1)C(=O)Nc1ccc(Oc2ccc(F)cc2)cc1. The first kappa shape index (κ1) is 30.8. The number of hydrogen-bond acceptors (Lipinski definition) is 7. The second-order valence-electron chi connectivity index (χ2n) is 10.9. The van der Waals surface area contributed by atoms with Crippen LogP contribution in [0.3, 0.4) is 0 Å². The molecular formula is C35H37FN4O4. The van der Waals surface area contributed by atoms with Crippen molar-refractivity contribution in [2.75, 3.05) is 49.5 Å². The Kier molecular flexibility index (Phi) is 10.7. The summed E-state index contributed by atoms with van der Waals surface area (Å²) in [6, 6.07) is 28.2. The van der Waals surface area contributed by atoms with Crippen molar-refractivity contribution in [2.45, 2.75) is 13.5 Å². The lowest BCUT2D eigenvalue weighted by molar-refractivity contribution is -0.133. The first-order chi connectivity index (χ1) is 21.4. The Bertz CT molecular complexity index is 1480. The van der Waals surface area contributed by atoms with Crippen molar-refractivity contribution < 1.29 is 23.5 Å². The fraction of sp³-hybridized carbons (Fsp3) is 0.286. The highest BCUT2D eigenvalue weighted by Crippen LogP contribution is 2.25.